The van der Waals surface area contributed by atoms with Crippen LogP contribution in [0.3, 0.4) is 0 Å². The summed E-state index contributed by atoms with van der Waals surface area (Å²) in [4.78, 5) is 15.3. The minimum atomic E-state index is 0.642. The summed E-state index contributed by atoms with van der Waals surface area (Å²) in [6.45, 7) is 0. The molecule has 0 saturated carbocycles. The Balaban J connectivity index is 1.20. The number of hydrogen-bond donors (Lipinski definition) is 0. The van der Waals surface area contributed by atoms with Crippen molar-refractivity contribution in [1.29, 1.82) is 0 Å². The van der Waals surface area contributed by atoms with E-state index >= 15 is 0 Å². The lowest BCUT2D eigenvalue weighted by Crippen LogP contribution is -2.00. The molecule has 10 rings (SSSR count). The highest BCUT2D eigenvalue weighted by Gasteiger charge is 2.18. The van der Waals surface area contributed by atoms with E-state index in [1.807, 2.05) is 47.7 Å². The van der Waals surface area contributed by atoms with Crippen molar-refractivity contribution in [2.24, 2.45) is 0 Å². The number of benzene rings is 7. The number of hydrogen-bond acceptors (Lipinski definition) is 5. The van der Waals surface area contributed by atoms with Gasteiger partial charge in [-0.25, -0.2) is 15.0 Å². The third kappa shape index (κ3) is 4.25. The Morgan fingerprint density at radius 3 is 1.85 bits per heavy atom. The van der Waals surface area contributed by atoms with Gasteiger partial charge in [-0.3, -0.25) is 0 Å². The third-order valence-corrected chi connectivity index (χ3v) is 10.3. The van der Waals surface area contributed by atoms with Gasteiger partial charge in [-0.1, -0.05) is 115 Å². The molecular formula is C43H25N3OS. The van der Waals surface area contributed by atoms with Crippen LogP contribution in [0, 0.1) is 0 Å². The maximum Gasteiger partial charge on any atom is 0.164 e. The van der Waals surface area contributed by atoms with Crippen LogP contribution in [0.2, 0.25) is 0 Å². The zero-order valence-electron chi connectivity index (χ0n) is 25.6. The van der Waals surface area contributed by atoms with Gasteiger partial charge in [0.15, 0.2) is 17.5 Å². The fraction of sp³-hybridized carbons (Fsp3) is 0. The molecule has 3 aromatic heterocycles. The number of para-hydroxylation sites is 1. The lowest BCUT2D eigenvalue weighted by molar-refractivity contribution is 0.669. The van der Waals surface area contributed by atoms with Gasteiger partial charge in [0.25, 0.3) is 0 Å². The predicted molar refractivity (Wildman–Crippen MR) is 199 cm³/mol. The molecule has 7 aromatic carbocycles. The molecule has 0 bridgehead atoms. The van der Waals surface area contributed by atoms with E-state index in [1.54, 1.807) is 0 Å². The van der Waals surface area contributed by atoms with Crippen molar-refractivity contribution in [3.05, 3.63) is 152 Å². The summed E-state index contributed by atoms with van der Waals surface area (Å²) in [5.74, 6) is 1.94. The molecule has 5 heteroatoms. The average Bonchev–Trinajstić information content (AvgIpc) is 3.73. The van der Waals surface area contributed by atoms with Crippen LogP contribution >= 0.6 is 11.3 Å². The van der Waals surface area contributed by atoms with Crippen molar-refractivity contribution in [2.45, 2.75) is 0 Å². The molecule has 0 amide bonds. The van der Waals surface area contributed by atoms with E-state index < -0.39 is 0 Å². The molecule has 48 heavy (non-hydrogen) atoms. The average molecular weight is 632 g/mol. The first-order chi connectivity index (χ1) is 23.8. The predicted octanol–water partition coefficient (Wildman–Crippen LogP) is 12.0. The fourth-order valence-electron chi connectivity index (χ4n) is 6.95. The van der Waals surface area contributed by atoms with E-state index in [2.05, 4.69) is 115 Å². The van der Waals surface area contributed by atoms with Crippen LogP contribution in [-0.4, -0.2) is 15.0 Å². The van der Waals surface area contributed by atoms with Gasteiger partial charge in [-0.2, -0.15) is 0 Å². The monoisotopic (exact) mass is 631 g/mol. The van der Waals surface area contributed by atoms with Gasteiger partial charge in [-0.05, 0) is 58.3 Å². The van der Waals surface area contributed by atoms with E-state index in [9.17, 15) is 0 Å². The molecule has 10 aromatic rings. The number of aromatic nitrogens is 3. The van der Waals surface area contributed by atoms with Gasteiger partial charge in [-0.15, -0.1) is 11.3 Å². The number of nitrogens with zero attached hydrogens (tertiary/aromatic N) is 3. The van der Waals surface area contributed by atoms with Crippen molar-refractivity contribution in [2.75, 3.05) is 0 Å². The second-order valence-electron chi connectivity index (χ2n) is 12.0. The molecule has 0 aliphatic carbocycles. The van der Waals surface area contributed by atoms with Crippen molar-refractivity contribution < 1.29 is 4.42 Å². The lowest BCUT2D eigenvalue weighted by atomic mass is 9.93. The van der Waals surface area contributed by atoms with Gasteiger partial charge >= 0.3 is 0 Å². The van der Waals surface area contributed by atoms with Gasteiger partial charge in [0, 0.05) is 47.6 Å². The topological polar surface area (TPSA) is 51.8 Å². The van der Waals surface area contributed by atoms with Crippen LogP contribution in [0.5, 0.6) is 0 Å². The van der Waals surface area contributed by atoms with E-state index in [-0.39, 0.29) is 0 Å². The highest BCUT2D eigenvalue weighted by Crippen LogP contribution is 2.41. The standard InChI is InChI=1S/C43H25N3OS/c1-2-11-26(12-3-1)41-44-42(27-23-24-39-35(25-27)31-13-5-7-22-38(31)48-39)46-43(45-41)33-19-9-15-28-29(16-8-17-30(28)33)32-18-10-21-37-40(32)34-14-4-6-20-36(34)47-37/h1-25H. The quantitative estimate of drug-likeness (QED) is 0.194. The smallest absolute Gasteiger partial charge is 0.164 e. The first kappa shape index (κ1) is 27.0. The number of furan rings is 1. The van der Waals surface area contributed by atoms with E-state index in [1.165, 1.54) is 20.2 Å². The molecule has 0 aliphatic heterocycles. The van der Waals surface area contributed by atoms with Crippen LogP contribution in [0.25, 0.3) is 98.2 Å². The van der Waals surface area contributed by atoms with Crippen LogP contribution in [0.15, 0.2) is 156 Å². The van der Waals surface area contributed by atoms with Crippen molar-refractivity contribution in [3.63, 3.8) is 0 Å². The molecule has 224 valence electrons. The van der Waals surface area contributed by atoms with Gasteiger partial charge in [0.1, 0.15) is 11.2 Å². The maximum absolute atomic E-state index is 6.25. The molecule has 0 spiro atoms. The first-order valence-electron chi connectivity index (χ1n) is 15.9. The second-order valence-corrected chi connectivity index (χ2v) is 13.0. The molecule has 0 N–H and O–H groups in total. The van der Waals surface area contributed by atoms with Crippen LogP contribution in [0.4, 0.5) is 0 Å². The van der Waals surface area contributed by atoms with Gasteiger partial charge in [0.05, 0.1) is 0 Å². The Labute approximate surface area is 279 Å². The summed E-state index contributed by atoms with van der Waals surface area (Å²) >= 11 is 1.81. The summed E-state index contributed by atoms with van der Waals surface area (Å²) in [6.07, 6.45) is 0. The fourth-order valence-corrected chi connectivity index (χ4v) is 8.03. The molecule has 4 nitrogen and oxygen atoms in total. The highest BCUT2D eigenvalue weighted by molar-refractivity contribution is 7.25. The Morgan fingerprint density at radius 1 is 0.375 bits per heavy atom. The molecule has 0 radical (unpaired) electrons. The number of fused-ring (bicyclic) bond motifs is 7. The van der Waals surface area contributed by atoms with Crippen molar-refractivity contribution in [1.82, 2.24) is 15.0 Å². The van der Waals surface area contributed by atoms with Crippen LogP contribution in [-0.2, 0) is 0 Å². The number of rotatable bonds is 4. The highest BCUT2D eigenvalue weighted by atomic mass is 32.1. The van der Waals surface area contributed by atoms with E-state index in [0.717, 1.165) is 60.5 Å². The summed E-state index contributed by atoms with van der Waals surface area (Å²) in [5.41, 5.74) is 6.92. The Bertz CT molecular complexity index is 2850. The summed E-state index contributed by atoms with van der Waals surface area (Å²) in [5, 5.41) is 6.90. The summed E-state index contributed by atoms with van der Waals surface area (Å²) < 4.78 is 8.77. The summed E-state index contributed by atoms with van der Waals surface area (Å²) in [6, 6.07) is 52.7. The largest absolute Gasteiger partial charge is 0.456 e. The molecular weight excluding hydrogens is 607 g/mol. The maximum atomic E-state index is 6.25. The summed E-state index contributed by atoms with van der Waals surface area (Å²) in [7, 11) is 0. The molecule has 0 saturated heterocycles. The minimum absolute atomic E-state index is 0.642. The molecule has 0 unspecified atom stereocenters. The van der Waals surface area contributed by atoms with Crippen LogP contribution in [0.1, 0.15) is 0 Å². The molecule has 3 heterocycles. The van der Waals surface area contributed by atoms with Crippen LogP contribution < -0.4 is 0 Å². The molecule has 0 atom stereocenters. The normalized spacial score (nSPS) is 11.8. The Kier molecular flexibility index (Phi) is 6.01. The minimum Gasteiger partial charge on any atom is -0.456 e. The van der Waals surface area contributed by atoms with Gasteiger partial charge < -0.3 is 4.42 Å². The molecule has 0 aliphatic rings. The Morgan fingerprint density at radius 2 is 0.979 bits per heavy atom. The van der Waals surface area contributed by atoms with Gasteiger partial charge in [0.2, 0.25) is 0 Å². The first-order valence-corrected chi connectivity index (χ1v) is 16.8. The zero-order chi connectivity index (χ0) is 31.6. The SMILES string of the molecule is c1ccc(-c2nc(-c3ccc4sc5ccccc5c4c3)nc(-c3cccc4c(-c5cccc6oc7ccccc7c56)cccc34)n2)cc1. The Hall–Kier alpha value is -6.17. The second kappa shape index (κ2) is 10.7. The lowest BCUT2D eigenvalue weighted by Gasteiger charge is -2.13. The van der Waals surface area contributed by atoms with Crippen molar-refractivity contribution in [3.8, 4) is 45.3 Å². The molecule has 0 fully saturated rings. The van der Waals surface area contributed by atoms with E-state index in [0.29, 0.717) is 17.5 Å². The van der Waals surface area contributed by atoms with E-state index in [4.69, 9.17) is 19.4 Å². The van der Waals surface area contributed by atoms with Crippen molar-refractivity contribution >= 4 is 64.2 Å². The third-order valence-electron chi connectivity index (χ3n) is 9.16. The number of thiophene rings is 1. The zero-order valence-corrected chi connectivity index (χ0v) is 26.4.